The van der Waals surface area contributed by atoms with Crippen LogP contribution in [0.2, 0.25) is 0 Å². The van der Waals surface area contributed by atoms with Crippen LogP contribution in [-0.4, -0.2) is 30.6 Å². The molecule has 5 nitrogen and oxygen atoms in total. The van der Waals surface area contributed by atoms with Gasteiger partial charge in [0.05, 0.1) is 18.2 Å². The van der Waals surface area contributed by atoms with E-state index in [9.17, 15) is 9.18 Å². The molecule has 0 unspecified atom stereocenters. The van der Waals surface area contributed by atoms with Crippen LogP contribution in [0, 0.1) is 23.1 Å². The van der Waals surface area contributed by atoms with Crippen LogP contribution in [0.25, 0.3) is 0 Å². The first-order valence-corrected chi connectivity index (χ1v) is 9.48. The number of halogens is 1. The molecule has 1 aliphatic rings. The van der Waals surface area contributed by atoms with Crippen molar-refractivity contribution in [2.24, 2.45) is 5.92 Å². The Kier molecular flexibility index (Phi) is 6.99. The highest BCUT2D eigenvalue weighted by atomic mass is 19.1. The molecule has 6 heteroatoms. The van der Waals surface area contributed by atoms with Gasteiger partial charge in [-0.1, -0.05) is 24.3 Å². The molecule has 2 amide bonds. The molecule has 2 aromatic rings. The van der Waals surface area contributed by atoms with E-state index in [-0.39, 0.29) is 11.8 Å². The molecule has 1 heterocycles. The highest BCUT2D eigenvalue weighted by molar-refractivity contribution is 5.74. The highest BCUT2D eigenvalue weighted by Crippen LogP contribution is 2.18. The molecule has 1 aliphatic heterocycles. The summed E-state index contributed by atoms with van der Waals surface area (Å²) in [5, 5.41) is 11.7. The van der Waals surface area contributed by atoms with E-state index < -0.39 is 0 Å². The monoisotopic (exact) mass is 381 g/mol. The minimum absolute atomic E-state index is 0.0822. The SMILES string of the molecule is N#Cc1ccc(COCC2CCN(C(=O)NCc3ccc(F)cc3)CC2)cc1. The average molecular weight is 381 g/mol. The topological polar surface area (TPSA) is 65.4 Å². The third-order valence-electron chi connectivity index (χ3n) is 4.96. The summed E-state index contributed by atoms with van der Waals surface area (Å²) in [6.07, 6.45) is 1.83. The minimum atomic E-state index is -0.279. The molecule has 28 heavy (non-hydrogen) atoms. The van der Waals surface area contributed by atoms with Crippen molar-refractivity contribution in [2.45, 2.75) is 26.0 Å². The van der Waals surface area contributed by atoms with Crippen molar-refractivity contribution in [3.8, 4) is 6.07 Å². The van der Waals surface area contributed by atoms with E-state index >= 15 is 0 Å². The Morgan fingerprint density at radius 1 is 1.11 bits per heavy atom. The van der Waals surface area contributed by atoms with Gasteiger partial charge in [-0.2, -0.15) is 5.26 Å². The van der Waals surface area contributed by atoms with Gasteiger partial charge in [0, 0.05) is 26.2 Å². The number of amides is 2. The Labute approximate surface area is 164 Å². The number of hydrogen-bond acceptors (Lipinski definition) is 3. The zero-order valence-corrected chi connectivity index (χ0v) is 15.7. The molecule has 1 fully saturated rings. The molecule has 0 atom stereocenters. The molecular formula is C22H24FN3O2. The van der Waals surface area contributed by atoms with Gasteiger partial charge < -0.3 is 15.0 Å². The van der Waals surface area contributed by atoms with Gasteiger partial charge in [0.1, 0.15) is 5.82 Å². The second-order valence-corrected chi connectivity index (χ2v) is 7.04. The van der Waals surface area contributed by atoms with Crippen LogP contribution >= 0.6 is 0 Å². The number of carbonyl (C=O) groups is 1. The fourth-order valence-corrected chi connectivity index (χ4v) is 3.21. The minimum Gasteiger partial charge on any atom is -0.376 e. The number of carbonyl (C=O) groups excluding carboxylic acids is 1. The van der Waals surface area contributed by atoms with E-state index in [1.807, 2.05) is 17.0 Å². The number of hydrogen-bond donors (Lipinski definition) is 1. The van der Waals surface area contributed by atoms with Crippen molar-refractivity contribution in [2.75, 3.05) is 19.7 Å². The summed E-state index contributed by atoms with van der Waals surface area (Å²) in [5.74, 6) is 0.165. The molecular weight excluding hydrogens is 357 g/mol. The van der Waals surface area contributed by atoms with Gasteiger partial charge in [0.2, 0.25) is 0 Å². The van der Waals surface area contributed by atoms with Crippen molar-refractivity contribution in [3.63, 3.8) is 0 Å². The van der Waals surface area contributed by atoms with Crippen molar-refractivity contribution in [3.05, 3.63) is 71.0 Å². The second-order valence-electron chi connectivity index (χ2n) is 7.04. The molecule has 146 valence electrons. The lowest BCUT2D eigenvalue weighted by atomic mass is 9.98. The van der Waals surface area contributed by atoms with Crippen molar-refractivity contribution < 1.29 is 13.9 Å². The van der Waals surface area contributed by atoms with Crippen LogP contribution in [0.3, 0.4) is 0 Å². The number of nitrogens with zero attached hydrogens (tertiary/aromatic N) is 2. The van der Waals surface area contributed by atoms with Gasteiger partial charge >= 0.3 is 6.03 Å². The van der Waals surface area contributed by atoms with Crippen LogP contribution in [0.1, 0.15) is 29.5 Å². The maximum absolute atomic E-state index is 12.9. The van der Waals surface area contributed by atoms with Gasteiger partial charge in [-0.3, -0.25) is 0 Å². The summed E-state index contributed by atoms with van der Waals surface area (Å²) in [6.45, 7) is 3.02. The third kappa shape index (κ3) is 5.80. The largest absolute Gasteiger partial charge is 0.376 e. The van der Waals surface area contributed by atoms with Crippen LogP contribution in [0.15, 0.2) is 48.5 Å². The van der Waals surface area contributed by atoms with E-state index in [0.717, 1.165) is 24.0 Å². The van der Waals surface area contributed by atoms with Crippen LogP contribution < -0.4 is 5.32 Å². The van der Waals surface area contributed by atoms with E-state index in [4.69, 9.17) is 10.00 Å². The smallest absolute Gasteiger partial charge is 0.317 e. The number of piperidine rings is 1. The summed E-state index contributed by atoms with van der Waals surface area (Å²) < 4.78 is 18.7. The lowest BCUT2D eigenvalue weighted by Crippen LogP contribution is -2.44. The Morgan fingerprint density at radius 3 is 2.39 bits per heavy atom. The maximum atomic E-state index is 12.9. The molecule has 0 radical (unpaired) electrons. The zero-order valence-electron chi connectivity index (χ0n) is 15.7. The van der Waals surface area contributed by atoms with E-state index in [0.29, 0.717) is 44.3 Å². The maximum Gasteiger partial charge on any atom is 0.317 e. The van der Waals surface area contributed by atoms with E-state index in [1.54, 1.807) is 24.3 Å². The standard InChI is InChI=1S/C22H24FN3O2/c23-21-7-5-18(6-8-21)14-25-22(27)26-11-9-20(10-12-26)16-28-15-19-3-1-17(13-24)2-4-19/h1-8,20H,9-12,14-16H2,(H,25,27). The first-order chi connectivity index (χ1) is 13.6. The summed E-state index contributed by atoms with van der Waals surface area (Å²) in [5.41, 5.74) is 2.58. The van der Waals surface area contributed by atoms with Crippen molar-refractivity contribution in [1.82, 2.24) is 10.2 Å². The summed E-state index contributed by atoms with van der Waals surface area (Å²) in [7, 11) is 0. The van der Waals surface area contributed by atoms with Crippen LogP contribution in [-0.2, 0) is 17.9 Å². The van der Waals surface area contributed by atoms with E-state index in [1.165, 1.54) is 12.1 Å². The lowest BCUT2D eigenvalue weighted by Gasteiger charge is -2.32. The Balaban J connectivity index is 1.33. The lowest BCUT2D eigenvalue weighted by molar-refractivity contribution is 0.0629. The van der Waals surface area contributed by atoms with Crippen molar-refractivity contribution >= 4 is 6.03 Å². The molecule has 0 spiro atoms. The molecule has 1 N–H and O–H groups in total. The average Bonchev–Trinajstić information content (AvgIpc) is 2.74. The fraction of sp³-hybridized carbons (Fsp3) is 0.364. The van der Waals surface area contributed by atoms with Crippen LogP contribution in [0.4, 0.5) is 9.18 Å². The van der Waals surface area contributed by atoms with Crippen LogP contribution in [0.5, 0.6) is 0 Å². The number of ether oxygens (including phenoxy) is 1. The molecule has 0 aliphatic carbocycles. The molecule has 2 aromatic carbocycles. The zero-order chi connectivity index (χ0) is 19.8. The van der Waals surface area contributed by atoms with Gasteiger partial charge in [-0.05, 0) is 54.2 Å². The van der Waals surface area contributed by atoms with E-state index in [2.05, 4.69) is 11.4 Å². The van der Waals surface area contributed by atoms with Gasteiger partial charge in [-0.25, -0.2) is 9.18 Å². The Hall–Kier alpha value is -2.91. The Morgan fingerprint density at radius 2 is 1.75 bits per heavy atom. The first kappa shape index (κ1) is 19.8. The van der Waals surface area contributed by atoms with Gasteiger partial charge in [0.25, 0.3) is 0 Å². The molecule has 0 aromatic heterocycles. The first-order valence-electron chi connectivity index (χ1n) is 9.48. The summed E-state index contributed by atoms with van der Waals surface area (Å²) in [6, 6.07) is 15.6. The molecule has 0 saturated carbocycles. The number of rotatable bonds is 6. The highest BCUT2D eigenvalue weighted by Gasteiger charge is 2.22. The number of benzene rings is 2. The normalized spacial score (nSPS) is 14.5. The third-order valence-corrected chi connectivity index (χ3v) is 4.96. The quantitative estimate of drug-likeness (QED) is 0.827. The molecule has 1 saturated heterocycles. The molecule has 0 bridgehead atoms. The van der Waals surface area contributed by atoms with Gasteiger partial charge in [0.15, 0.2) is 0 Å². The predicted molar refractivity (Wildman–Crippen MR) is 104 cm³/mol. The number of urea groups is 1. The summed E-state index contributed by atoms with van der Waals surface area (Å²) in [4.78, 5) is 14.1. The number of nitrogens with one attached hydrogen (secondary N) is 1. The predicted octanol–water partition coefficient (Wildman–Crippen LogP) is 3.84. The Bertz CT molecular complexity index is 807. The van der Waals surface area contributed by atoms with Crippen molar-refractivity contribution in [1.29, 1.82) is 5.26 Å². The van der Waals surface area contributed by atoms with Gasteiger partial charge in [-0.15, -0.1) is 0 Å². The fourth-order valence-electron chi connectivity index (χ4n) is 3.21. The number of likely N-dealkylation sites (tertiary alicyclic amines) is 1. The summed E-state index contributed by atoms with van der Waals surface area (Å²) >= 11 is 0. The second kappa shape index (κ2) is 9.86. The number of nitriles is 1. The molecule has 3 rings (SSSR count).